The summed E-state index contributed by atoms with van der Waals surface area (Å²) >= 11 is 0. The molecule has 0 aliphatic rings. The molecule has 76 valence electrons. The van der Waals surface area contributed by atoms with Gasteiger partial charge in [0.25, 0.3) is 0 Å². The van der Waals surface area contributed by atoms with Gasteiger partial charge in [0.15, 0.2) is 0 Å². The molecule has 0 spiro atoms. The van der Waals surface area contributed by atoms with Crippen molar-refractivity contribution in [1.29, 1.82) is 0 Å². The van der Waals surface area contributed by atoms with Gasteiger partial charge in [0, 0.05) is 13.0 Å². The molecule has 0 heterocycles. The second kappa shape index (κ2) is 8.21. The molecule has 0 unspecified atom stereocenters. The number of rotatable bonds is 2. The Bertz CT molecular complexity index is 253. The number of aliphatic hydroxyl groups excluding tert-OH is 1. The van der Waals surface area contributed by atoms with E-state index in [1.807, 2.05) is 0 Å². The van der Waals surface area contributed by atoms with Gasteiger partial charge < -0.3 is 5.11 Å². The topological polar surface area (TPSA) is 20.2 Å². The molecule has 0 fully saturated rings. The van der Waals surface area contributed by atoms with Crippen molar-refractivity contribution in [2.45, 2.75) is 12.8 Å². The molecule has 3 heteroatoms. The van der Waals surface area contributed by atoms with Gasteiger partial charge in [-0.1, -0.05) is 0 Å². The summed E-state index contributed by atoms with van der Waals surface area (Å²) in [6.45, 7) is 0.212. The van der Waals surface area contributed by atoms with E-state index in [-0.39, 0.29) is 6.61 Å². The van der Waals surface area contributed by atoms with E-state index in [1.54, 1.807) is 0 Å². The summed E-state index contributed by atoms with van der Waals surface area (Å²) in [5, 5.41) is 8.10. The molecule has 1 N–H and O–H groups in total. The quantitative estimate of drug-likeness (QED) is 0.571. The first-order valence-corrected chi connectivity index (χ1v) is 4.16. The van der Waals surface area contributed by atoms with Crippen LogP contribution in [0.15, 0.2) is 24.3 Å². The number of unbranched alkanes of at least 4 members (excludes halogenated alkanes) is 1. The maximum atomic E-state index is 11.9. The number of terminal acetylenes is 1. The highest BCUT2D eigenvalue weighted by atomic mass is 19.1. The fraction of sp³-hybridized carbons (Fsp3) is 0.273. The van der Waals surface area contributed by atoms with E-state index in [1.165, 1.54) is 0 Å². The minimum atomic E-state index is -0.411. The summed E-state index contributed by atoms with van der Waals surface area (Å²) in [5.41, 5.74) is 0. The van der Waals surface area contributed by atoms with E-state index in [4.69, 9.17) is 11.5 Å². The fourth-order valence-corrected chi connectivity index (χ4v) is 0.611. The van der Waals surface area contributed by atoms with Crippen LogP contribution >= 0.6 is 0 Å². The van der Waals surface area contributed by atoms with E-state index in [0.29, 0.717) is 6.42 Å². The fourth-order valence-electron chi connectivity index (χ4n) is 0.611. The molecule has 0 bridgehead atoms. The summed E-state index contributed by atoms with van der Waals surface area (Å²) in [6, 6.07) is 4.31. The lowest BCUT2D eigenvalue weighted by Gasteiger charge is -1.83. The van der Waals surface area contributed by atoms with Gasteiger partial charge in [0.05, 0.1) is 0 Å². The van der Waals surface area contributed by atoms with Gasteiger partial charge in [-0.15, -0.1) is 12.3 Å². The molecular formula is C11H12F2O. The first kappa shape index (κ1) is 12.6. The Morgan fingerprint density at radius 3 is 1.79 bits per heavy atom. The minimum absolute atomic E-state index is 0.212. The smallest absolute Gasteiger partial charge is 0.123 e. The lowest BCUT2D eigenvalue weighted by atomic mass is 10.3. The molecule has 0 aliphatic heterocycles. The van der Waals surface area contributed by atoms with Crippen LogP contribution in [-0.2, 0) is 0 Å². The van der Waals surface area contributed by atoms with Crippen molar-refractivity contribution in [3.8, 4) is 12.3 Å². The minimum Gasteiger partial charge on any atom is -0.396 e. The molecule has 0 saturated heterocycles. The summed E-state index contributed by atoms with van der Waals surface area (Å²) in [6.07, 6.45) is 6.28. The third-order valence-corrected chi connectivity index (χ3v) is 1.28. The second-order valence-corrected chi connectivity index (χ2v) is 2.47. The van der Waals surface area contributed by atoms with Crippen LogP contribution in [0.4, 0.5) is 8.78 Å². The van der Waals surface area contributed by atoms with Crippen LogP contribution in [0.3, 0.4) is 0 Å². The zero-order valence-electron chi connectivity index (χ0n) is 7.71. The molecule has 1 aromatic carbocycles. The highest BCUT2D eigenvalue weighted by Crippen LogP contribution is 1.98. The van der Waals surface area contributed by atoms with Gasteiger partial charge in [-0.2, -0.15) is 0 Å². The second-order valence-electron chi connectivity index (χ2n) is 2.47. The highest BCUT2D eigenvalue weighted by molar-refractivity contribution is 5.04. The molecule has 0 radical (unpaired) electrons. The molecule has 0 amide bonds. The van der Waals surface area contributed by atoms with Gasteiger partial charge in [0.2, 0.25) is 0 Å². The summed E-state index contributed by atoms with van der Waals surface area (Å²) in [4.78, 5) is 0. The van der Waals surface area contributed by atoms with Gasteiger partial charge in [-0.05, 0) is 30.7 Å². The average molecular weight is 198 g/mol. The van der Waals surface area contributed by atoms with Crippen molar-refractivity contribution < 1.29 is 13.9 Å². The molecular weight excluding hydrogens is 186 g/mol. The first-order valence-electron chi connectivity index (χ1n) is 4.16. The SMILES string of the molecule is C#CCCCO.Fc1ccc(F)cc1. The predicted octanol–water partition coefficient (Wildman–Crippen LogP) is 2.36. The zero-order chi connectivity index (χ0) is 10.8. The predicted molar refractivity (Wildman–Crippen MR) is 51.5 cm³/mol. The number of benzene rings is 1. The van der Waals surface area contributed by atoms with E-state index in [2.05, 4.69) is 5.92 Å². The molecule has 0 aliphatic carbocycles. The largest absolute Gasteiger partial charge is 0.396 e. The third kappa shape index (κ3) is 7.26. The molecule has 1 aromatic rings. The van der Waals surface area contributed by atoms with Gasteiger partial charge >= 0.3 is 0 Å². The Hall–Kier alpha value is -1.40. The summed E-state index contributed by atoms with van der Waals surface area (Å²) < 4.78 is 23.8. The van der Waals surface area contributed by atoms with Crippen molar-refractivity contribution in [2.75, 3.05) is 6.61 Å². The van der Waals surface area contributed by atoms with Crippen molar-refractivity contribution >= 4 is 0 Å². The Labute approximate surface area is 82.4 Å². The van der Waals surface area contributed by atoms with Crippen molar-refractivity contribution in [2.24, 2.45) is 0 Å². The van der Waals surface area contributed by atoms with Crippen LogP contribution in [0.5, 0.6) is 0 Å². The van der Waals surface area contributed by atoms with Crippen molar-refractivity contribution in [1.82, 2.24) is 0 Å². The van der Waals surface area contributed by atoms with Crippen LogP contribution in [0.2, 0.25) is 0 Å². The van der Waals surface area contributed by atoms with E-state index < -0.39 is 11.6 Å². The molecule has 0 saturated carbocycles. The monoisotopic (exact) mass is 198 g/mol. The summed E-state index contributed by atoms with van der Waals surface area (Å²) in [5.74, 6) is 1.59. The Morgan fingerprint density at radius 1 is 1.14 bits per heavy atom. The lowest BCUT2D eigenvalue weighted by Crippen LogP contribution is -1.77. The van der Waals surface area contributed by atoms with Crippen LogP contribution in [0.25, 0.3) is 0 Å². The molecule has 14 heavy (non-hydrogen) atoms. The summed E-state index contributed by atoms with van der Waals surface area (Å²) in [7, 11) is 0. The number of hydrogen-bond acceptors (Lipinski definition) is 1. The van der Waals surface area contributed by atoms with E-state index >= 15 is 0 Å². The molecule has 0 aromatic heterocycles. The van der Waals surface area contributed by atoms with Crippen molar-refractivity contribution in [3.63, 3.8) is 0 Å². The normalized spacial score (nSPS) is 8.43. The van der Waals surface area contributed by atoms with E-state index in [0.717, 1.165) is 30.7 Å². The standard InChI is InChI=1S/C6H4F2.C5H8O/c7-5-1-2-6(8)4-3-5;1-2-3-4-5-6/h1-4H;1,6H,3-5H2. The van der Waals surface area contributed by atoms with Crippen LogP contribution in [-0.4, -0.2) is 11.7 Å². The van der Waals surface area contributed by atoms with Gasteiger partial charge in [-0.25, -0.2) is 8.78 Å². The van der Waals surface area contributed by atoms with Crippen LogP contribution in [0, 0.1) is 24.0 Å². The maximum absolute atomic E-state index is 11.9. The number of hydrogen-bond donors (Lipinski definition) is 1. The zero-order valence-corrected chi connectivity index (χ0v) is 7.71. The molecule has 1 rings (SSSR count). The van der Waals surface area contributed by atoms with Crippen LogP contribution in [0.1, 0.15) is 12.8 Å². The third-order valence-electron chi connectivity index (χ3n) is 1.28. The first-order chi connectivity index (χ1) is 6.70. The van der Waals surface area contributed by atoms with Crippen molar-refractivity contribution in [3.05, 3.63) is 35.9 Å². The Balaban J connectivity index is 0.000000255. The van der Waals surface area contributed by atoms with Gasteiger partial charge in [-0.3, -0.25) is 0 Å². The number of aliphatic hydroxyl groups is 1. The average Bonchev–Trinajstić information content (AvgIpc) is 2.20. The Morgan fingerprint density at radius 2 is 1.57 bits per heavy atom. The van der Waals surface area contributed by atoms with Gasteiger partial charge in [0.1, 0.15) is 11.6 Å². The van der Waals surface area contributed by atoms with E-state index in [9.17, 15) is 8.78 Å². The Kier molecular flexibility index (Phi) is 7.39. The van der Waals surface area contributed by atoms with Crippen LogP contribution < -0.4 is 0 Å². The molecule has 0 atom stereocenters. The highest BCUT2D eigenvalue weighted by Gasteiger charge is 1.86. The maximum Gasteiger partial charge on any atom is 0.123 e. The lowest BCUT2D eigenvalue weighted by molar-refractivity contribution is 0.290. The molecule has 1 nitrogen and oxygen atoms in total. The number of halogens is 2.